The van der Waals surface area contributed by atoms with Crippen LogP contribution in [0, 0.1) is 11.8 Å². The quantitative estimate of drug-likeness (QED) is 0.547. The minimum absolute atomic E-state index is 0.0361. The van der Waals surface area contributed by atoms with Gasteiger partial charge in [0.15, 0.2) is 5.69 Å². The Morgan fingerprint density at radius 2 is 1.81 bits per heavy atom. The number of nitrogens with one attached hydrogen (secondary N) is 1. The SMILES string of the molecule is COc1ccc(C2CCCCCN2CC(=O)N(CC(C)C)c2c(N)n(CC(C)C)c(=O)[nH]c2=O)cc1. The summed E-state index contributed by atoms with van der Waals surface area (Å²) >= 11 is 0. The number of ether oxygens (including phenoxy) is 1. The third-order valence-corrected chi connectivity index (χ3v) is 6.58. The van der Waals surface area contributed by atoms with Crippen molar-refractivity contribution >= 4 is 17.4 Å². The number of benzene rings is 1. The molecule has 1 fully saturated rings. The molecule has 1 amide bonds. The van der Waals surface area contributed by atoms with Crippen LogP contribution in [0.1, 0.15) is 65.0 Å². The maximum atomic E-state index is 13.8. The highest BCUT2D eigenvalue weighted by Gasteiger charge is 2.30. The molecule has 198 valence electrons. The summed E-state index contributed by atoms with van der Waals surface area (Å²) in [5.74, 6) is 0.870. The third kappa shape index (κ3) is 6.57. The van der Waals surface area contributed by atoms with Gasteiger partial charge in [-0.05, 0) is 48.9 Å². The summed E-state index contributed by atoms with van der Waals surface area (Å²) in [6, 6.07) is 8.10. The average molecular weight is 500 g/mol. The maximum Gasteiger partial charge on any atom is 0.330 e. The highest BCUT2D eigenvalue weighted by atomic mass is 16.5. The van der Waals surface area contributed by atoms with Crippen molar-refractivity contribution in [3.8, 4) is 5.75 Å². The van der Waals surface area contributed by atoms with Crippen LogP contribution >= 0.6 is 0 Å². The van der Waals surface area contributed by atoms with E-state index in [1.807, 2.05) is 39.8 Å². The van der Waals surface area contributed by atoms with Gasteiger partial charge in [0.2, 0.25) is 5.91 Å². The molecule has 3 N–H and O–H groups in total. The average Bonchev–Trinajstić information content (AvgIpc) is 3.06. The molecule has 0 spiro atoms. The van der Waals surface area contributed by atoms with Crippen LogP contribution in [0.5, 0.6) is 5.75 Å². The standard InChI is InChI=1S/C27H41N5O4/c1-18(2)15-31(24-25(28)32(16-19(3)4)27(35)29-26(24)34)23(33)17-30-14-8-6-7-9-22(30)20-10-12-21(36-5)13-11-20/h10-13,18-19,22H,6-9,14-17,28H2,1-5H3,(H,29,34,35). The van der Waals surface area contributed by atoms with E-state index in [1.54, 1.807) is 7.11 Å². The third-order valence-electron chi connectivity index (χ3n) is 6.58. The molecule has 1 atom stereocenters. The van der Waals surface area contributed by atoms with E-state index < -0.39 is 11.2 Å². The summed E-state index contributed by atoms with van der Waals surface area (Å²) in [6.45, 7) is 9.53. The monoisotopic (exact) mass is 499 g/mol. The zero-order valence-corrected chi connectivity index (χ0v) is 22.3. The number of rotatable bonds is 9. The van der Waals surface area contributed by atoms with Crippen LogP contribution in [0.3, 0.4) is 0 Å². The molecule has 9 nitrogen and oxygen atoms in total. The lowest BCUT2D eigenvalue weighted by atomic mass is 10.0. The first-order chi connectivity index (χ1) is 17.1. The number of hydrogen-bond acceptors (Lipinski definition) is 6. The summed E-state index contributed by atoms with van der Waals surface area (Å²) in [4.78, 5) is 45.3. The van der Waals surface area contributed by atoms with Crippen molar-refractivity contribution in [1.82, 2.24) is 14.5 Å². The van der Waals surface area contributed by atoms with Crippen molar-refractivity contribution in [3.05, 3.63) is 50.7 Å². The number of nitrogen functional groups attached to an aromatic ring is 1. The van der Waals surface area contributed by atoms with E-state index in [2.05, 4.69) is 22.0 Å². The number of nitrogens with two attached hydrogens (primary N) is 1. The molecule has 1 saturated heterocycles. The van der Waals surface area contributed by atoms with Crippen LogP contribution in [-0.4, -0.2) is 47.1 Å². The molecule has 1 aliphatic rings. The molecule has 1 unspecified atom stereocenters. The van der Waals surface area contributed by atoms with Crippen LogP contribution in [0.4, 0.5) is 11.5 Å². The number of aromatic nitrogens is 2. The molecular formula is C27H41N5O4. The summed E-state index contributed by atoms with van der Waals surface area (Å²) in [5.41, 5.74) is 6.39. The van der Waals surface area contributed by atoms with Gasteiger partial charge in [0.25, 0.3) is 5.56 Å². The number of H-pyrrole nitrogens is 1. The molecule has 0 bridgehead atoms. The number of carbonyl (C=O) groups excluding carboxylic acids is 1. The lowest BCUT2D eigenvalue weighted by molar-refractivity contribution is -0.120. The molecule has 2 aromatic rings. The molecule has 3 rings (SSSR count). The Bertz CT molecular complexity index is 1140. The number of amides is 1. The van der Waals surface area contributed by atoms with Crippen LogP contribution in [0.15, 0.2) is 33.9 Å². The van der Waals surface area contributed by atoms with Gasteiger partial charge in [0.05, 0.1) is 13.7 Å². The predicted octanol–water partition coefficient (Wildman–Crippen LogP) is 3.39. The summed E-state index contributed by atoms with van der Waals surface area (Å²) in [5, 5.41) is 0. The largest absolute Gasteiger partial charge is 0.497 e. The smallest absolute Gasteiger partial charge is 0.330 e. The van der Waals surface area contributed by atoms with Gasteiger partial charge in [-0.1, -0.05) is 52.7 Å². The first kappa shape index (κ1) is 27.5. The van der Waals surface area contributed by atoms with Gasteiger partial charge in [-0.15, -0.1) is 0 Å². The topological polar surface area (TPSA) is 114 Å². The second-order valence-electron chi connectivity index (χ2n) is 10.5. The van der Waals surface area contributed by atoms with Crippen molar-refractivity contribution < 1.29 is 9.53 Å². The number of anilines is 2. The van der Waals surface area contributed by atoms with Gasteiger partial charge >= 0.3 is 5.69 Å². The number of likely N-dealkylation sites (tertiary alicyclic amines) is 1. The fourth-order valence-corrected chi connectivity index (χ4v) is 4.89. The second kappa shape index (κ2) is 12.3. The van der Waals surface area contributed by atoms with Crippen molar-refractivity contribution in [2.75, 3.05) is 37.4 Å². The Morgan fingerprint density at radius 1 is 1.11 bits per heavy atom. The van der Waals surface area contributed by atoms with Crippen LogP contribution in [0.2, 0.25) is 0 Å². The van der Waals surface area contributed by atoms with Crippen molar-refractivity contribution in [1.29, 1.82) is 0 Å². The maximum absolute atomic E-state index is 13.8. The summed E-state index contributed by atoms with van der Waals surface area (Å²) in [6.07, 6.45) is 4.15. The second-order valence-corrected chi connectivity index (χ2v) is 10.5. The molecule has 36 heavy (non-hydrogen) atoms. The highest BCUT2D eigenvalue weighted by Crippen LogP contribution is 2.31. The molecular weight excluding hydrogens is 458 g/mol. The number of methoxy groups -OCH3 is 1. The van der Waals surface area contributed by atoms with Crippen LogP contribution < -0.4 is 26.6 Å². The number of aromatic amines is 1. The van der Waals surface area contributed by atoms with Gasteiger partial charge in [0.1, 0.15) is 11.6 Å². The Balaban J connectivity index is 1.97. The molecule has 1 aromatic heterocycles. The van der Waals surface area contributed by atoms with E-state index in [-0.39, 0.29) is 41.8 Å². The highest BCUT2D eigenvalue weighted by molar-refractivity contribution is 5.96. The van der Waals surface area contributed by atoms with Gasteiger partial charge < -0.3 is 15.4 Å². The fraction of sp³-hybridized carbons (Fsp3) is 0.593. The first-order valence-electron chi connectivity index (χ1n) is 12.9. The Kier molecular flexibility index (Phi) is 9.37. The molecule has 1 aliphatic heterocycles. The van der Waals surface area contributed by atoms with Crippen LogP contribution in [0.25, 0.3) is 0 Å². The molecule has 9 heteroatoms. The molecule has 0 radical (unpaired) electrons. The minimum Gasteiger partial charge on any atom is -0.497 e. The van der Waals surface area contributed by atoms with Gasteiger partial charge in [-0.3, -0.25) is 24.0 Å². The van der Waals surface area contributed by atoms with E-state index in [4.69, 9.17) is 10.5 Å². The minimum atomic E-state index is -0.630. The Labute approximate surface area is 213 Å². The van der Waals surface area contributed by atoms with Gasteiger partial charge in [-0.25, -0.2) is 4.79 Å². The molecule has 2 heterocycles. The Morgan fingerprint density at radius 3 is 2.42 bits per heavy atom. The zero-order chi connectivity index (χ0) is 26.4. The van der Waals surface area contributed by atoms with E-state index in [9.17, 15) is 14.4 Å². The van der Waals surface area contributed by atoms with Crippen molar-refractivity contribution in [3.63, 3.8) is 0 Å². The Hall–Kier alpha value is -3.07. The zero-order valence-electron chi connectivity index (χ0n) is 22.3. The lowest BCUT2D eigenvalue weighted by Crippen LogP contribution is -2.47. The predicted molar refractivity (Wildman–Crippen MR) is 144 cm³/mol. The lowest BCUT2D eigenvalue weighted by Gasteiger charge is -2.33. The van der Waals surface area contributed by atoms with E-state index in [1.165, 1.54) is 9.47 Å². The van der Waals surface area contributed by atoms with Gasteiger partial charge in [0, 0.05) is 19.1 Å². The number of nitrogens with zero attached hydrogens (tertiary/aromatic N) is 3. The summed E-state index contributed by atoms with van der Waals surface area (Å²) in [7, 11) is 1.65. The normalized spacial score (nSPS) is 16.8. The van der Waals surface area contributed by atoms with Gasteiger partial charge in [-0.2, -0.15) is 0 Å². The van der Waals surface area contributed by atoms with Crippen LogP contribution in [-0.2, 0) is 11.3 Å². The molecule has 0 saturated carbocycles. The van der Waals surface area contributed by atoms with E-state index in [0.29, 0.717) is 13.1 Å². The van der Waals surface area contributed by atoms with E-state index >= 15 is 0 Å². The summed E-state index contributed by atoms with van der Waals surface area (Å²) < 4.78 is 6.67. The first-order valence-corrected chi connectivity index (χ1v) is 12.9. The van der Waals surface area contributed by atoms with Crippen molar-refractivity contribution in [2.45, 2.75) is 66.0 Å². The fourth-order valence-electron chi connectivity index (χ4n) is 4.89. The van der Waals surface area contributed by atoms with Crippen molar-refractivity contribution in [2.24, 2.45) is 11.8 Å². The molecule has 1 aromatic carbocycles. The molecule has 0 aliphatic carbocycles. The number of carbonyl (C=O) groups is 1. The van der Waals surface area contributed by atoms with E-state index in [0.717, 1.165) is 43.5 Å². The number of hydrogen-bond donors (Lipinski definition) is 2.